The van der Waals surface area contributed by atoms with Gasteiger partial charge in [0.05, 0.1) is 0 Å². The Morgan fingerprint density at radius 1 is 0.778 bits per heavy atom. The molecule has 1 unspecified atom stereocenters. The summed E-state index contributed by atoms with van der Waals surface area (Å²) < 4.78 is 0. The molecule has 0 spiro atoms. The van der Waals surface area contributed by atoms with Crippen molar-refractivity contribution in [2.75, 3.05) is 0 Å². The molecule has 4 rings (SSSR count). The number of rotatable bonds is 2. The highest BCUT2D eigenvalue weighted by molar-refractivity contribution is 5.73. The lowest BCUT2D eigenvalue weighted by molar-refractivity contribution is 0.755. The minimum absolute atomic E-state index is 0.390. The molecule has 2 bridgehead atoms. The van der Waals surface area contributed by atoms with Gasteiger partial charge in [-0.3, -0.25) is 0 Å². The van der Waals surface area contributed by atoms with Gasteiger partial charge in [-0.1, -0.05) is 114 Å². The van der Waals surface area contributed by atoms with Gasteiger partial charge in [0.25, 0.3) is 0 Å². The van der Waals surface area contributed by atoms with Crippen molar-refractivity contribution in [1.29, 1.82) is 0 Å². The van der Waals surface area contributed by atoms with Gasteiger partial charge in [0.1, 0.15) is 0 Å². The molecule has 0 saturated heterocycles. The predicted octanol–water partition coefficient (Wildman–Crippen LogP) is 7.26. The quantitative estimate of drug-likeness (QED) is 0.534. The first-order valence-electron chi connectivity index (χ1n) is 9.83. The van der Waals surface area contributed by atoms with Crippen molar-refractivity contribution in [2.24, 2.45) is 5.92 Å². The number of allylic oxidation sites excluding steroid dienone is 10. The van der Waals surface area contributed by atoms with Crippen molar-refractivity contribution in [2.45, 2.75) is 25.7 Å². The van der Waals surface area contributed by atoms with Crippen molar-refractivity contribution < 1.29 is 0 Å². The lowest BCUT2D eigenvalue weighted by atomic mass is 9.83. The van der Waals surface area contributed by atoms with Crippen LogP contribution in [0.2, 0.25) is 0 Å². The highest BCUT2D eigenvalue weighted by Gasteiger charge is 2.24. The topological polar surface area (TPSA) is 0 Å². The van der Waals surface area contributed by atoms with Crippen molar-refractivity contribution >= 4 is 5.57 Å². The summed E-state index contributed by atoms with van der Waals surface area (Å²) >= 11 is 0. The van der Waals surface area contributed by atoms with Crippen LogP contribution in [0.5, 0.6) is 0 Å². The largest absolute Gasteiger partial charge is 0.0770 e. The fourth-order valence-electron chi connectivity index (χ4n) is 4.06. The van der Waals surface area contributed by atoms with Gasteiger partial charge in [-0.2, -0.15) is 0 Å². The predicted molar refractivity (Wildman–Crippen MR) is 116 cm³/mol. The summed E-state index contributed by atoms with van der Waals surface area (Å²) in [4.78, 5) is 0. The highest BCUT2D eigenvalue weighted by atomic mass is 14.3. The molecular weight excluding hydrogens is 324 g/mol. The summed E-state index contributed by atoms with van der Waals surface area (Å²) in [6.07, 6.45) is 18.2. The van der Waals surface area contributed by atoms with Gasteiger partial charge in [0, 0.05) is 5.92 Å². The summed E-state index contributed by atoms with van der Waals surface area (Å²) in [5, 5.41) is 0. The maximum Gasteiger partial charge on any atom is 0.0130 e. The molecule has 27 heavy (non-hydrogen) atoms. The molecule has 0 N–H and O–H groups in total. The molecule has 2 aliphatic carbocycles. The molecule has 0 heterocycles. The van der Waals surface area contributed by atoms with E-state index in [4.69, 9.17) is 0 Å². The third-order valence-corrected chi connectivity index (χ3v) is 5.45. The van der Waals surface area contributed by atoms with Crippen LogP contribution in [0.3, 0.4) is 0 Å². The van der Waals surface area contributed by atoms with Crippen LogP contribution in [0.15, 0.2) is 114 Å². The van der Waals surface area contributed by atoms with Crippen LogP contribution in [0.4, 0.5) is 0 Å². The van der Waals surface area contributed by atoms with E-state index in [9.17, 15) is 0 Å². The van der Waals surface area contributed by atoms with Crippen LogP contribution in [-0.2, 0) is 0 Å². The number of hydrogen-bond donors (Lipinski definition) is 0. The van der Waals surface area contributed by atoms with E-state index in [2.05, 4.69) is 110 Å². The molecule has 2 atom stereocenters. The van der Waals surface area contributed by atoms with Crippen LogP contribution in [0, 0.1) is 5.92 Å². The maximum absolute atomic E-state index is 2.50. The molecule has 0 aromatic heterocycles. The van der Waals surface area contributed by atoms with Crippen LogP contribution >= 0.6 is 0 Å². The second-order valence-electron chi connectivity index (χ2n) is 7.50. The van der Waals surface area contributed by atoms with Crippen molar-refractivity contribution in [3.05, 3.63) is 125 Å². The molecule has 2 aliphatic rings. The van der Waals surface area contributed by atoms with Crippen LogP contribution in [0.25, 0.3) is 5.57 Å². The summed E-state index contributed by atoms with van der Waals surface area (Å²) in [7, 11) is 0. The Kier molecular flexibility index (Phi) is 5.34. The number of benzene rings is 2. The molecule has 134 valence electrons. The molecule has 2 aromatic carbocycles. The van der Waals surface area contributed by atoms with E-state index in [1.54, 1.807) is 0 Å². The SMILES string of the molecule is CC1=C/C=C/C=C2\CC(c3ccccc3)C(c3ccccc3)=C[C@@H](C=C1)C2. The third-order valence-electron chi connectivity index (χ3n) is 5.45. The van der Waals surface area contributed by atoms with Crippen LogP contribution < -0.4 is 0 Å². The monoisotopic (exact) mass is 350 g/mol. The molecule has 0 saturated carbocycles. The van der Waals surface area contributed by atoms with Crippen molar-refractivity contribution in [3.63, 3.8) is 0 Å². The smallest absolute Gasteiger partial charge is 0.0130 e. The van der Waals surface area contributed by atoms with E-state index in [-0.39, 0.29) is 0 Å². The maximum atomic E-state index is 2.50. The first-order chi connectivity index (χ1) is 13.3. The fourth-order valence-corrected chi connectivity index (χ4v) is 4.06. The fraction of sp³-hybridized carbons (Fsp3) is 0.185. The lowest BCUT2D eigenvalue weighted by Crippen LogP contribution is -2.02. The Labute approximate surface area is 163 Å². The van der Waals surface area contributed by atoms with E-state index in [1.807, 2.05) is 0 Å². The van der Waals surface area contributed by atoms with Gasteiger partial charge in [-0.25, -0.2) is 0 Å². The first kappa shape index (κ1) is 17.5. The van der Waals surface area contributed by atoms with Gasteiger partial charge in [-0.05, 0) is 42.4 Å². The second kappa shape index (κ2) is 8.22. The molecule has 0 aliphatic heterocycles. The van der Waals surface area contributed by atoms with Gasteiger partial charge >= 0.3 is 0 Å². The standard InChI is InChI=1S/C27H26/c1-21-10-8-9-11-22-18-23(17-16-21)20-27(25-14-6-3-7-15-25)26(19-22)24-12-4-2-5-13-24/h2-17,20,23,26H,18-19H2,1H3/b9-8+,17-16?,21-10?,22-11-/t23-,26?/m0/s1. The normalized spacial score (nSPS) is 25.4. The summed E-state index contributed by atoms with van der Waals surface area (Å²) in [6, 6.07) is 21.9. The Morgan fingerprint density at radius 2 is 1.48 bits per heavy atom. The average Bonchev–Trinajstić information content (AvgIpc) is 2.90. The molecule has 0 heteroatoms. The summed E-state index contributed by atoms with van der Waals surface area (Å²) in [5.41, 5.74) is 7.00. The highest BCUT2D eigenvalue weighted by Crippen LogP contribution is 2.42. The number of hydrogen-bond acceptors (Lipinski definition) is 0. The van der Waals surface area contributed by atoms with Gasteiger partial charge < -0.3 is 0 Å². The van der Waals surface area contributed by atoms with Gasteiger partial charge in [0.2, 0.25) is 0 Å². The van der Waals surface area contributed by atoms with Crippen molar-refractivity contribution in [3.8, 4) is 0 Å². The van der Waals surface area contributed by atoms with Crippen LogP contribution in [0.1, 0.15) is 36.8 Å². The van der Waals surface area contributed by atoms with E-state index in [0.717, 1.165) is 12.8 Å². The minimum atomic E-state index is 0.390. The zero-order chi connectivity index (χ0) is 18.5. The van der Waals surface area contributed by atoms with E-state index in [0.29, 0.717) is 11.8 Å². The number of fused-ring (bicyclic) bond motifs is 2. The second-order valence-corrected chi connectivity index (χ2v) is 7.50. The molecule has 0 radical (unpaired) electrons. The first-order valence-corrected chi connectivity index (χ1v) is 9.83. The van der Waals surface area contributed by atoms with E-state index < -0.39 is 0 Å². The minimum Gasteiger partial charge on any atom is -0.0770 e. The third kappa shape index (κ3) is 4.28. The molecule has 0 fully saturated rings. The Bertz CT molecular complexity index is 921. The summed E-state index contributed by atoms with van der Waals surface area (Å²) in [6.45, 7) is 2.17. The van der Waals surface area contributed by atoms with Gasteiger partial charge in [0.15, 0.2) is 0 Å². The van der Waals surface area contributed by atoms with Crippen molar-refractivity contribution in [1.82, 2.24) is 0 Å². The lowest BCUT2D eigenvalue weighted by Gasteiger charge is -2.21. The Hall–Kier alpha value is -2.86. The zero-order valence-corrected chi connectivity index (χ0v) is 15.9. The van der Waals surface area contributed by atoms with E-state index >= 15 is 0 Å². The molecule has 0 amide bonds. The average molecular weight is 351 g/mol. The van der Waals surface area contributed by atoms with Crippen LogP contribution in [-0.4, -0.2) is 0 Å². The van der Waals surface area contributed by atoms with Gasteiger partial charge in [-0.15, -0.1) is 0 Å². The summed E-state index contributed by atoms with van der Waals surface area (Å²) in [5.74, 6) is 0.816. The molecule has 0 nitrogen and oxygen atoms in total. The molecule has 2 aromatic rings. The molecular formula is C27H26. The van der Waals surface area contributed by atoms with E-state index in [1.165, 1.54) is 27.8 Å². The zero-order valence-electron chi connectivity index (χ0n) is 15.9. The Morgan fingerprint density at radius 3 is 2.26 bits per heavy atom. The Balaban J connectivity index is 1.85.